The van der Waals surface area contributed by atoms with Crippen LogP contribution >= 0.6 is 0 Å². The van der Waals surface area contributed by atoms with E-state index in [1.54, 1.807) is 0 Å². The van der Waals surface area contributed by atoms with Gasteiger partial charge in [0.15, 0.2) is 0 Å². The molecule has 3 heteroatoms. The number of amides is 1. The molecule has 0 radical (unpaired) electrons. The third-order valence-corrected chi connectivity index (χ3v) is 2.05. The topological polar surface area (TPSA) is 69.1 Å². The van der Waals surface area contributed by atoms with E-state index in [1.807, 2.05) is 20.8 Å². The molecule has 70 valence electrons. The van der Waals surface area contributed by atoms with Gasteiger partial charge in [-0.05, 0) is 33.6 Å². The first-order valence-corrected chi connectivity index (χ1v) is 4.13. The zero-order valence-electron chi connectivity index (χ0n) is 8.05. The van der Waals surface area contributed by atoms with E-state index in [-0.39, 0.29) is 0 Å². The number of hydrogen-bond acceptors (Lipinski definition) is 2. The van der Waals surface area contributed by atoms with Crippen LogP contribution in [0, 0.1) is 0 Å². The SMILES string of the molecule is CC(C)=C(C)CCC(N)C(N)=O. The lowest BCUT2D eigenvalue weighted by Crippen LogP contribution is -2.36. The summed E-state index contributed by atoms with van der Waals surface area (Å²) in [5.41, 5.74) is 13.1. The normalized spacial score (nSPS) is 12.3. The first-order valence-electron chi connectivity index (χ1n) is 4.13. The van der Waals surface area contributed by atoms with Gasteiger partial charge in [0.2, 0.25) is 5.91 Å². The standard InChI is InChI=1S/C9H18N2O/c1-6(2)7(3)4-5-8(10)9(11)12/h8H,4-5,10H2,1-3H3,(H2,11,12). The molecule has 0 spiro atoms. The molecule has 4 N–H and O–H groups in total. The van der Waals surface area contributed by atoms with Gasteiger partial charge in [-0.15, -0.1) is 0 Å². The lowest BCUT2D eigenvalue weighted by atomic mass is 10.0. The van der Waals surface area contributed by atoms with Crippen molar-refractivity contribution >= 4 is 5.91 Å². The first-order chi connectivity index (χ1) is 5.45. The van der Waals surface area contributed by atoms with Gasteiger partial charge in [-0.1, -0.05) is 11.1 Å². The fourth-order valence-electron chi connectivity index (χ4n) is 0.764. The van der Waals surface area contributed by atoms with E-state index in [2.05, 4.69) is 0 Å². The third-order valence-electron chi connectivity index (χ3n) is 2.05. The van der Waals surface area contributed by atoms with Crippen molar-refractivity contribution in [3.63, 3.8) is 0 Å². The van der Waals surface area contributed by atoms with Gasteiger partial charge in [-0.2, -0.15) is 0 Å². The van der Waals surface area contributed by atoms with Crippen LogP contribution in [-0.4, -0.2) is 11.9 Å². The number of primary amides is 1. The monoisotopic (exact) mass is 170 g/mol. The largest absolute Gasteiger partial charge is 0.368 e. The lowest BCUT2D eigenvalue weighted by molar-refractivity contribution is -0.119. The molecule has 0 heterocycles. The van der Waals surface area contributed by atoms with Crippen LogP contribution in [-0.2, 0) is 4.79 Å². The van der Waals surface area contributed by atoms with Crippen LogP contribution in [0.4, 0.5) is 0 Å². The quantitative estimate of drug-likeness (QED) is 0.616. The molecule has 0 aromatic carbocycles. The molecular formula is C9H18N2O. The summed E-state index contributed by atoms with van der Waals surface area (Å²) >= 11 is 0. The van der Waals surface area contributed by atoms with Gasteiger partial charge in [-0.25, -0.2) is 0 Å². The van der Waals surface area contributed by atoms with Gasteiger partial charge in [0, 0.05) is 0 Å². The minimum atomic E-state index is -0.501. The summed E-state index contributed by atoms with van der Waals surface area (Å²) in [5, 5.41) is 0. The maximum atomic E-state index is 10.6. The summed E-state index contributed by atoms with van der Waals surface area (Å²) in [7, 11) is 0. The molecule has 0 aliphatic rings. The Kier molecular flexibility index (Phi) is 4.59. The van der Waals surface area contributed by atoms with E-state index in [0.717, 1.165) is 6.42 Å². The highest BCUT2D eigenvalue weighted by Crippen LogP contribution is 2.10. The van der Waals surface area contributed by atoms with E-state index < -0.39 is 11.9 Å². The average Bonchev–Trinajstić information content (AvgIpc) is 1.98. The van der Waals surface area contributed by atoms with Gasteiger partial charge in [0.05, 0.1) is 6.04 Å². The molecule has 0 bridgehead atoms. The van der Waals surface area contributed by atoms with Crippen LogP contribution in [0.2, 0.25) is 0 Å². The molecule has 0 aromatic rings. The zero-order chi connectivity index (χ0) is 9.72. The lowest BCUT2D eigenvalue weighted by Gasteiger charge is -2.08. The van der Waals surface area contributed by atoms with Crippen LogP contribution < -0.4 is 11.5 Å². The molecule has 0 saturated carbocycles. The zero-order valence-corrected chi connectivity index (χ0v) is 8.05. The second-order valence-electron chi connectivity index (χ2n) is 3.33. The van der Waals surface area contributed by atoms with Gasteiger partial charge < -0.3 is 11.5 Å². The van der Waals surface area contributed by atoms with Crippen molar-refractivity contribution in [2.24, 2.45) is 11.5 Å². The van der Waals surface area contributed by atoms with E-state index >= 15 is 0 Å². The van der Waals surface area contributed by atoms with E-state index in [0.29, 0.717) is 6.42 Å². The summed E-state index contributed by atoms with van der Waals surface area (Å²) < 4.78 is 0. The Balaban J connectivity index is 3.85. The second-order valence-corrected chi connectivity index (χ2v) is 3.33. The maximum Gasteiger partial charge on any atom is 0.234 e. The molecule has 1 atom stereocenters. The van der Waals surface area contributed by atoms with E-state index in [9.17, 15) is 4.79 Å². The molecule has 0 aromatic heterocycles. The Morgan fingerprint density at radius 1 is 1.33 bits per heavy atom. The second kappa shape index (κ2) is 4.93. The summed E-state index contributed by atoms with van der Waals surface area (Å²) in [6.07, 6.45) is 1.50. The van der Waals surface area contributed by atoms with Crippen molar-refractivity contribution in [2.75, 3.05) is 0 Å². The van der Waals surface area contributed by atoms with Gasteiger partial charge >= 0.3 is 0 Å². The number of carbonyl (C=O) groups excluding carboxylic acids is 1. The Labute approximate surface area is 73.8 Å². The van der Waals surface area contributed by atoms with Crippen LogP contribution in [0.5, 0.6) is 0 Å². The summed E-state index contributed by atoms with van der Waals surface area (Å²) in [6.45, 7) is 6.14. The van der Waals surface area contributed by atoms with Crippen molar-refractivity contribution in [1.82, 2.24) is 0 Å². The number of nitrogens with two attached hydrogens (primary N) is 2. The number of hydrogen-bond donors (Lipinski definition) is 2. The van der Waals surface area contributed by atoms with Gasteiger partial charge in [0.1, 0.15) is 0 Å². The van der Waals surface area contributed by atoms with Crippen molar-refractivity contribution in [1.29, 1.82) is 0 Å². The molecule has 1 unspecified atom stereocenters. The molecule has 3 nitrogen and oxygen atoms in total. The molecule has 1 amide bonds. The minimum absolute atomic E-state index is 0.420. The summed E-state index contributed by atoms with van der Waals surface area (Å²) in [5.74, 6) is -0.420. The summed E-state index contributed by atoms with van der Waals surface area (Å²) in [4.78, 5) is 10.6. The molecule has 12 heavy (non-hydrogen) atoms. The molecule has 0 saturated heterocycles. The molecule has 0 fully saturated rings. The van der Waals surface area contributed by atoms with Crippen molar-refractivity contribution in [3.8, 4) is 0 Å². The number of carbonyl (C=O) groups is 1. The average molecular weight is 170 g/mol. The highest BCUT2D eigenvalue weighted by Gasteiger charge is 2.08. The van der Waals surface area contributed by atoms with Crippen molar-refractivity contribution in [2.45, 2.75) is 39.7 Å². The van der Waals surface area contributed by atoms with E-state index in [1.165, 1.54) is 11.1 Å². The Bertz CT molecular complexity index is 193. The maximum absolute atomic E-state index is 10.6. The van der Waals surface area contributed by atoms with Crippen molar-refractivity contribution in [3.05, 3.63) is 11.1 Å². The first kappa shape index (κ1) is 11.2. The highest BCUT2D eigenvalue weighted by molar-refractivity contribution is 5.79. The molecule has 0 aliphatic carbocycles. The fourth-order valence-corrected chi connectivity index (χ4v) is 0.764. The molecule has 0 aliphatic heterocycles. The predicted molar refractivity (Wildman–Crippen MR) is 50.5 cm³/mol. The van der Waals surface area contributed by atoms with Crippen LogP contribution in [0.25, 0.3) is 0 Å². The molecular weight excluding hydrogens is 152 g/mol. The van der Waals surface area contributed by atoms with Crippen LogP contribution in [0.1, 0.15) is 33.6 Å². The van der Waals surface area contributed by atoms with Crippen LogP contribution in [0.3, 0.4) is 0 Å². The Morgan fingerprint density at radius 2 is 1.83 bits per heavy atom. The third kappa shape index (κ3) is 4.13. The summed E-state index contributed by atoms with van der Waals surface area (Å²) in [6, 6.07) is -0.501. The number of allylic oxidation sites excluding steroid dienone is 2. The predicted octanol–water partition coefficient (Wildman–Crippen LogP) is 0.935. The Morgan fingerprint density at radius 3 is 2.17 bits per heavy atom. The van der Waals surface area contributed by atoms with Crippen molar-refractivity contribution < 1.29 is 4.79 Å². The smallest absolute Gasteiger partial charge is 0.234 e. The Hall–Kier alpha value is -0.830. The molecule has 0 rings (SSSR count). The van der Waals surface area contributed by atoms with Crippen LogP contribution in [0.15, 0.2) is 11.1 Å². The minimum Gasteiger partial charge on any atom is -0.368 e. The highest BCUT2D eigenvalue weighted by atomic mass is 16.1. The van der Waals surface area contributed by atoms with Gasteiger partial charge in [-0.3, -0.25) is 4.79 Å². The van der Waals surface area contributed by atoms with E-state index in [4.69, 9.17) is 11.5 Å². The number of rotatable bonds is 4. The van der Waals surface area contributed by atoms with Gasteiger partial charge in [0.25, 0.3) is 0 Å². The fraction of sp³-hybridized carbons (Fsp3) is 0.667.